The molecular weight excluding hydrogens is 309 g/mol. The van der Waals surface area contributed by atoms with Crippen molar-refractivity contribution in [3.05, 3.63) is 23.3 Å². The van der Waals surface area contributed by atoms with Gasteiger partial charge in [-0.1, -0.05) is 13.8 Å². The van der Waals surface area contributed by atoms with Gasteiger partial charge in [-0.05, 0) is 50.2 Å². The van der Waals surface area contributed by atoms with Crippen molar-refractivity contribution in [3.63, 3.8) is 0 Å². The van der Waals surface area contributed by atoms with Gasteiger partial charge in [-0.2, -0.15) is 0 Å². The first-order valence-corrected chi connectivity index (χ1v) is 6.86. The van der Waals surface area contributed by atoms with Crippen molar-refractivity contribution in [1.82, 2.24) is 4.90 Å². The summed E-state index contributed by atoms with van der Waals surface area (Å²) >= 11 is 0. The average molecular weight is 336 g/mol. The zero-order valence-electron chi connectivity index (χ0n) is 13.2. The first kappa shape index (κ1) is 22.3. The standard InChI is InChI=1S/C15H25N3O.2ClH/c1-5-18(6-2)8-7-14(19)17-15-11(3)9-13(16)10-12(15)4;;/h9-10H,5-8,16H2,1-4H3,(H,17,19);2*1H. The SMILES string of the molecule is CCN(CC)CCC(=O)Nc1c(C)cc(N)cc1C.Cl.Cl. The minimum absolute atomic E-state index is 0. The van der Waals surface area contributed by atoms with E-state index >= 15 is 0 Å². The van der Waals surface area contributed by atoms with Gasteiger partial charge in [0.25, 0.3) is 0 Å². The highest BCUT2D eigenvalue weighted by molar-refractivity contribution is 5.92. The summed E-state index contributed by atoms with van der Waals surface area (Å²) in [4.78, 5) is 14.2. The Balaban J connectivity index is 0. The van der Waals surface area contributed by atoms with Crippen molar-refractivity contribution < 1.29 is 4.79 Å². The Bertz CT molecular complexity index is 426. The number of halogens is 2. The molecule has 0 saturated heterocycles. The third-order valence-electron chi connectivity index (χ3n) is 3.37. The van der Waals surface area contributed by atoms with E-state index in [0.717, 1.165) is 42.1 Å². The van der Waals surface area contributed by atoms with E-state index in [0.29, 0.717) is 6.42 Å². The summed E-state index contributed by atoms with van der Waals surface area (Å²) in [5, 5.41) is 2.99. The van der Waals surface area contributed by atoms with Crippen molar-refractivity contribution in [2.75, 3.05) is 30.7 Å². The van der Waals surface area contributed by atoms with Crippen molar-refractivity contribution in [2.45, 2.75) is 34.1 Å². The molecule has 0 unspecified atom stereocenters. The van der Waals surface area contributed by atoms with Crippen molar-refractivity contribution in [3.8, 4) is 0 Å². The van der Waals surface area contributed by atoms with Gasteiger partial charge >= 0.3 is 0 Å². The van der Waals surface area contributed by atoms with Crippen LogP contribution in [0.25, 0.3) is 0 Å². The van der Waals surface area contributed by atoms with E-state index < -0.39 is 0 Å². The number of nitrogen functional groups attached to an aromatic ring is 1. The Morgan fingerprint density at radius 2 is 1.62 bits per heavy atom. The van der Waals surface area contributed by atoms with Crippen LogP contribution >= 0.6 is 24.8 Å². The molecule has 0 radical (unpaired) electrons. The summed E-state index contributed by atoms with van der Waals surface area (Å²) in [6, 6.07) is 3.76. The second-order valence-corrected chi connectivity index (χ2v) is 4.85. The van der Waals surface area contributed by atoms with Crippen LogP contribution in [0.3, 0.4) is 0 Å². The van der Waals surface area contributed by atoms with Crippen LogP contribution in [0.1, 0.15) is 31.4 Å². The molecule has 1 amide bonds. The molecule has 3 N–H and O–H groups in total. The van der Waals surface area contributed by atoms with Gasteiger partial charge in [-0.25, -0.2) is 0 Å². The number of carbonyl (C=O) groups is 1. The number of nitrogens with one attached hydrogen (secondary N) is 1. The van der Waals surface area contributed by atoms with Crippen molar-refractivity contribution in [2.24, 2.45) is 0 Å². The summed E-state index contributed by atoms with van der Waals surface area (Å²) in [6.45, 7) is 10.9. The van der Waals surface area contributed by atoms with Crippen LogP contribution < -0.4 is 11.1 Å². The van der Waals surface area contributed by atoms with Gasteiger partial charge in [0.1, 0.15) is 0 Å². The lowest BCUT2D eigenvalue weighted by Crippen LogP contribution is -2.27. The molecule has 1 aromatic rings. The minimum Gasteiger partial charge on any atom is -0.399 e. The highest BCUT2D eigenvalue weighted by atomic mass is 35.5. The number of hydrogen-bond donors (Lipinski definition) is 2. The van der Waals surface area contributed by atoms with Gasteiger partial charge < -0.3 is 16.0 Å². The molecule has 0 aliphatic carbocycles. The Hall–Kier alpha value is -0.970. The highest BCUT2D eigenvalue weighted by Crippen LogP contribution is 2.23. The molecule has 0 bridgehead atoms. The van der Waals surface area contributed by atoms with E-state index in [1.165, 1.54) is 0 Å². The van der Waals surface area contributed by atoms with Crippen molar-refractivity contribution >= 4 is 42.1 Å². The molecule has 0 spiro atoms. The Morgan fingerprint density at radius 3 is 2.05 bits per heavy atom. The fourth-order valence-corrected chi connectivity index (χ4v) is 2.20. The maximum atomic E-state index is 12.0. The van der Waals surface area contributed by atoms with Crippen LogP contribution in [0.15, 0.2) is 12.1 Å². The molecule has 0 saturated carbocycles. The number of hydrogen-bond acceptors (Lipinski definition) is 3. The number of amides is 1. The van der Waals surface area contributed by atoms with Crippen LogP contribution in [-0.4, -0.2) is 30.4 Å². The maximum absolute atomic E-state index is 12.0. The summed E-state index contributed by atoms with van der Waals surface area (Å²) in [6.07, 6.45) is 0.519. The quantitative estimate of drug-likeness (QED) is 0.783. The third kappa shape index (κ3) is 7.02. The fraction of sp³-hybridized carbons (Fsp3) is 0.533. The molecule has 1 rings (SSSR count). The zero-order chi connectivity index (χ0) is 14.4. The lowest BCUT2D eigenvalue weighted by molar-refractivity contribution is -0.116. The van der Waals surface area contributed by atoms with E-state index in [1.54, 1.807) is 0 Å². The fourth-order valence-electron chi connectivity index (χ4n) is 2.20. The number of aryl methyl sites for hydroxylation is 2. The smallest absolute Gasteiger partial charge is 0.225 e. The highest BCUT2D eigenvalue weighted by Gasteiger charge is 2.09. The van der Waals surface area contributed by atoms with Crippen LogP contribution in [0.2, 0.25) is 0 Å². The monoisotopic (exact) mass is 335 g/mol. The molecule has 122 valence electrons. The number of nitrogens with zero attached hydrogens (tertiary/aromatic N) is 1. The predicted molar refractivity (Wildman–Crippen MR) is 95.9 cm³/mol. The van der Waals surface area contributed by atoms with E-state index in [1.807, 2.05) is 26.0 Å². The van der Waals surface area contributed by atoms with Gasteiger partial charge in [0.2, 0.25) is 5.91 Å². The summed E-state index contributed by atoms with van der Waals surface area (Å²) < 4.78 is 0. The van der Waals surface area contributed by atoms with E-state index in [2.05, 4.69) is 24.1 Å². The van der Waals surface area contributed by atoms with Gasteiger partial charge in [-0.3, -0.25) is 4.79 Å². The molecule has 0 heterocycles. The second-order valence-electron chi connectivity index (χ2n) is 4.85. The number of anilines is 2. The summed E-state index contributed by atoms with van der Waals surface area (Å²) in [5.74, 6) is 0.0582. The molecule has 21 heavy (non-hydrogen) atoms. The molecule has 0 fully saturated rings. The van der Waals surface area contributed by atoms with E-state index in [4.69, 9.17) is 5.73 Å². The Morgan fingerprint density at radius 1 is 1.14 bits per heavy atom. The molecule has 0 aromatic heterocycles. The van der Waals surface area contributed by atoms with Crippen molar-refractivity contribution in [1.29, 1.82) is 0 Å². The topological polar surface area (TPSA) is 58.4 Å². The molecule has 0 atom stereocenters. The zero-order valence-corrected chi connectivity index (χ0v) is 14.9. The number of benzene rings is 1. The Labute approximate surface area is 140 Å². The van der Waals surface area contributed by atoms with Gasteiger partial charge in [0, 0.05) is 24.3 Å². The summed E-state index contributed by atoms with van der Waals surface area (Å²) in [7, 11) is 0. The molecule has 1 aromatic carbocycles. The third-order valence-corrected chi connectivity index (χ3v) is 3.37. The van der Waals surface area contributed by atoms with E-state index in [9.17, 15) is 4.79 Å². The molecular formula is C15H27Cl2N3O. The normalized spacial score (nSPS) is 9.76. The number of rotatable bonds is 6. The molecule has 0 aliphatic heterocycles. The van der Waals surface area contributed by atoms with Gasteiger partial charge in [0.05, 0.1) is 0 Å². The second kappa shape index (κ2) is 10.7. The van der Waals surface area contributed by atoms with Crippen LogP contribution in [-0.2, 0) is 4.79 Å². The molecule has 4 nitrogen and oxygen atoms in total. The molecule has 6 heteroatoms. The van der Waals surface area contributed by atoms with Crippen LogP contribution in [0, 0.1) is 13.8 Å². The number of carbonyl (C=O) groups excluding carboxylic acids is 1. The largest absolute Gasteiger partial charge is 0.399 e. The van der Waals surface area contributed by atoms with E-state index in [-0.39, 0.29) is 30.7 Å². The predicted octanol–water partition coefficient (Wildman–Crippen LogP) is 3.40. The lowest BCUT2D eigenvalue weighted by Gasteiger charge is -2.18. The molecule has 0 aliphatic rings. The number of nitrogens with two attached hydrogens (primary N) is 1. The maximum Gasteiger partial charge on any atom is 0.225 e. The van der Waals surface area contributed by atoms with Gasteiger partial charge in [0.15, 0.2) is 0 Å². The van der Waals surface area contributed by atoms with Crippen LogP contribution in [0.4, 0.5) is 11.4 Å². The average Bonchev–Trinajstić information content (AvgIpc) is 2.35. The first-order chi connectivity index (χ1) is 8.97. The Kier molecular flexibility index (Phi) is 11.4. The minimum atomic E-state index is 0. The first-order valence-electron chi connectivity index (χ1n) is 6.86. The summed E-state index contributed by atoms with van der Waals surface area (Å²) in [5.41, 5.74) is 9.41. The lowest BCUT2D eigenvalue weighted by atomic mass is 10.1. The van der Waals surface area contributed by atoms with Gasteiger partial charge in [-0.15, -0.1) is 24.8 Å². The van der Waals surface area contributed by atoms with Crippen LogP contribution in [0.5, 0.6) is 0 Å².